The number of carbonyl (C=O) groups is 2. The number of hydrogen-bond donors (Lipinski definition) is 2. The van der Waals surface area contributed by atoms with Gasteiger partial charge in [-0.25, -0.2) is 0 Å². The lowest BCUT2D eigenvalue weighted by molar-refractivity contribution is -0.140. The highest BCUT2D eigenvalue weighted by atomic mass is 16.5. The predicted octanol–water partition coefficient (Wildman–Crippen LogP) is 1.78. The van der Waals surface area contributed by atoms with Gasteiger partial charge in [0, 0.05) is 13.1 Å². The van der Waals surface area contributed by atoms with E-state index in [4.69, 9.17) is 19.3 Å². The molecule has 1 unspecified atom stereocenters. The smallest absolute Gasteiger partial charge is 0.242 e. The van der Waals surface area contributed by atoms with E-state index in [1.165, 1.54) is 12.0 Å². The molecule has 0 bridgehead atoms. The molecule has 8 heteroatoms. The van der Waals surface area contributed by atoms with Crippen LogP contribution in [0.15, 0.2) is 42.5 Å². The van der Waals surface area contributed by atoms with Gasteiger partial charge in [0.05, 0.1) is 34.4 Å². The van der Waals surface area contributed by atoms with Crippen LogP contribution in [0.5, 0.6) is 17.2 Å². The van der Waals surface area contributed by atoms with Crippen molar-refractivity contribution < 1.29 is 28.9 Å². The Morgan fingerprint density at radius 3 is 2.19 bits per heavy atom. The average Bonchev–Trinajstić information content (AvgIpc) is 2.80. The van der Waals surface area contributed by atoms with Gasteiger partial charge in [0.2, 0.25) is 11.8 Å². The predicted molar refractivity (Wildman–Crippen MR) is 116 cm³/mol. The van der Waals surface area contributed by atoms with E-state index in [0.717, 1.165) is 11.1 Å². The van der Waals surface area contributed by atoms with Crippen LogP contribution in [-0.2, 0) is 22.6 Å². The van der Waals surface area contributed by atoms with Crippen LogP contribution in [0.2, 0.25) is 0 Å². The summed E-state index contributed by atoms with van der Waals surface area (Å²) in [6.07, 6.45) is 0.0914. The number of hydrogen-bond acceptors (Lipinski definition) is 6. The van der Waals surface area contributed by atoms with Gasteiger partial charge in [0.1, 0.15) is 11.8 Å². The molecule has 2 N–H and O–H groups in total. The van der Waals surface area contributed by atoms with E-state index < -0.39 is 6.04 Å². The third kappa shape index (κ3) is 6.62. The number of rotatable bonds is 11. The number of aliphatic hydroxyl groups excluding tert-OH is 1. The van der Waals surface area contributed by atoms with Gasteiger partial charge < -0.3 is 29.5 Å². The van der Waals surface area contributed by atoms with Gasteiger partial charge in [-0.05, 0) is 42.3 Å². The second-order valence-electron chi connectivity index (χ2n) is 6.93. The Kier molecular flexibility index (Phi) is 9.14. The van der Waals surface area contributed by atoms with Gasteiger partial charge >= 0.3 is 0 Å². The molecule has 0 heterocycles. The molecule has 8 nitrogen and oxygen atoms in total. The summed E-state index contributed by atoms with van der Waals surface area (Å²) in [6, 6.07) is 11.9. The van der Waals surface area contributed by atoms with Crippen molar-refractivity contribution in [2.75, 3.05) is 34.5 Å². The Bertz CT molecular complexity index is 869. The van der Waals surface area contributed by atoms with Crippen molar-refractivity contribution in [1.29, 1.82) is 0 Å². The van der Waals surface area contributed by atoms with Gasteiger partial charge in [0.15, 0.2) is 11.5 Å². The normalized spacial score (nSPS) is 11.4. The largest absolute Gasteiger partial charge is 0.497 e. The van der Waals surface area contributed by atoms with E-state index in [1.807, 2.05) is 24.3 Å². The minimum atomic E-state index is -0.721. The molecule has 2 rings (SSSR count). The molecule has 0 fully saturated rings. The van der Waals surface area contributed by atoms with Crippen LogP contribution in [0.3, 0.4) is 0 Å². The zero-order valence-electron chi connectivity index (χ0n) is 18.4. The van der Waals surface area contributed by atoms with E-state index in [2.05, 4.69) is 5.32 Å². The van der Waals surface area contributed by atoms with E-state index in [9.17, 15) is 9.59 Å². The lowest BCUT2D eigenvalue weighted by Crippen LogP contribution is -2.48. The molecule has 0 radical (unpaired) electrons. The van der Waals surface area contributed by atoms with Crippen LogP contribution >= 0.6 is 0 Å². The summed E-state index contributed by atoms with van der Waals surface area (Å²) < 4.78 is 15.7. The van der Waals surface area contributed by atoms with Gasteiger partial charge in [-0.1, -0.05) is 18.2 Å². The minimum Gasteiger partial charge on any atom is -0.497 e. The molecule has 1 atom stereocenters. The number of carbonyl (C=O) groups excluding carboxylic acids is 2. The quantitative estimate of drug-likeness (QED) is 0.564. The van der Waals surface area contributed by atoms with Crippen molar-refractivity contribution in [3.05, 3.63) is 53.6 Å². The Labute approximate surface area is 182 Å². The summed E-state index contributed by atoms with van der Waals surface area (Å²) in [5, 5.41) is 11.6. The van der Waals surface area contributed by atoms with E-state index in [1.54, 1.807) is 39.3 Å². The monoisotopic (exact) mass is 430 g/mol. The standard InChI is InChI=1S/C23H30N2O6/c1-16(23(28)24-11-12-26)25(15-17-5-8-19(29-2)9-6-17)22(27)14-18-7-10-20(30-3)21(13-18)31-4/h5-10,13,16,26H,11-12,14-15H2,1-4H3,(H,24,28). The summed E-state index contributed by atoms with van der Waals surface area (Å²) in [5.74, 6) is 1.27. The molecular weight excluding hydrogens is 400 g/mol. The maximum Gasteiger partial charge on any atom is 0.242 e. The summed E-state index contributed by atoms with van der Waals surface area (Å²) in [4.78, 5) is 27.2. The molecule has 168 valence electrons. The SMILES string of the molecule is COc1ccc(CN(C(=O)Cc2ccc(OC)c(OC)c2)C(C)C(=O)NCCO)cc1. The van der Waals surface area contributed by atoms with Gasteiger partial charge in [-0.15, -0.1) is 0 Å². The molecule has 0 aliphatic rings. The fourth-order valence-electron chi connectivity index (χ4n) is 3.10. The van der Waals surface area contributed by atoms with Crippen LogP contribution in [-0.4, -0.2) is 62.3 Å². The summed E-state index contributed by atoms with van der Waals surface area (Å²) in [7, 11) is 4.67. The number of ether oxygens (including phenoxy) is 3. The maximum absolute atomic E-state index is 13.2. The molecule has 0 saturated carbocycles. The van der Waals surface area contributed by atoms with Crippen LogP contribution in [0.4, 0.5) is 0 Å². The van der Waals surface area contributed by atoms with Gasteiger partial charge in [0.25, 0.3) is 0 Å². The molecule has 0 saturated heterocycles. The Morgan fingerprint density at radius 2 is 1.61 bits per heavy atom. The highest BCUT2D eigenvalue weighted by Gasteiger charge is 2.26. The van der Waals surface area contributed by atoms with Crippen LogP contribution in [0.1, 0.15) is 18.1 Å². The molecule has 0 aliphatic carbocycles. The fourth-order valence-corrected chi connectivity index (χ4v) is 3.10. The fraction of sp³-hybridized carbons (Fsp3) is 0.391. The highest BCUT2D eigenvalue weighted by Crippen LogP contribution is 2.28. The molecule has 2 amide bonds. The third-order valence-corrected chi connectivity index (χ3v) is 4.89. The van der Waals surface area contributed by atoms with E-state index in [0.29, 0.717) is 17.2 Å². The zero-order chi connectivity index (χ0) is 22.8. The molecular formula is C23H30N2O6. The highest BCUT2D eigenvalue weighted by molar-refractivity contribution is 5.88. The first kappa shape index (κ1) is 24.0. The first-order chi connectivity index (χ1) is 14.9. The number of benzene rings is 2. The van der Waals surface area contributed by atoms with Crippen molar-refractivity contribution in [2.45, 2.75) is 25.9 Å². The van der Waals surface area contributed by atoms with Crippen molar-refractivity contribution in [1.82, 2.24) is 10.2 Å². The summed E-state index contributed by atoms with van der Waals surface area (Å²) >= 11 is 0. The minimum absolute atomic E-state index is 0.0914. The molecule has 2 aromatic rings. The first-order valence-corrected chi connectivity index (χ1v) is 9.95. The second kappa shape index (κ2) is 11.8. The molecule has 0 aromatic heterocycles. The maximum atomic E-state index is 13.2. The lowest BCUT2D eigenvalue weighted by atomic mass is 10.1. The average molecular weight is 431 g/mol. The second-order valence-corrected chi connectivity index (χ2v) is 6.93. The molecule has 31 heavy (non-hydrogen) atoms. The van der Waals surface area contributed by atoms with Crippen LogP contribution < -0.4 is 19.5 Å². The van der Waals surface area contributed by atoms with Crippen LogP contribution in [0.25, 0.3) is 0 Å². The van der Waals surface area contributed by atoms with Crippen molar-refractivity contribution >= 4 is 11.8 Å². The lowest BCUT2D eigenvalue weighted by Gasteiger charge is -2.29. The molecule has 2 aromatic carbocycles. The number of nitrogens with one attached hydrogen (secondary N) is 1. The number of amides is 2. The third-order valence-electron chi connectivity index (χ3n) is 4.89. The number of aliphatic hydroxyl groups is 1. The Morgan fingerprint density at radius 1 is 0.968 bits per heavy atom. The van der Waals surface area contributed by atoms with Gasteiger partial charge in [-0.3, -0.25) is 9.59 Å². The first-order valence-electron chi connectivity index (χ1n) is 9.95. The van der Waals surface area contributed by atoms with E-state index in [-0.39, 0.29) is 37.9 Å². The van der Waals surface area contributed by atoms with Gasteiger partial charge in [-0.2, -0.15) is 0 Å². The molecule has 0 spiro atoms. The van der Waals surface area contributed by atoms with E-state index >= 15 is 0 Å². The Hall–Kier alpha value is -3.26. The zero-order valence-corrected chi connectivity index (χ0v) is 18.4. The number of methoxy groups -OCH3 is 3. The van der Waals surface area contributed by atoms with Crippen molar-refractivity contribution in [3.63, 3.8) is 0 Å². The topological polar surface area (TPSA) is 97.3 Å². The van der Waals surface area contributed by atoms with Crippen LogP contribution in [0, 0.1) is 0 Å². The number of nitrogens with zero attached hydrogens (tertiary/aromatic N) is 1. The molecule has 0 aliphatic heterocycles. The van der Waals surface area contributed by atoms with Crippen molar-refractivity contribution in [2.24, 2.45) is 0 Å². The Balaban J connectivity index is 2.24. The summed E-state index contributed by atoms with van der Waals surface area (Å²) in [6.45, 7) is 1.88. The van der Waals surface area contributed by atoms with Crippen molar-refractivity contribution in [3.8, 4) is 17.2 Å². The summed E-state index contributed by atoms with van der Waals surface area (Å²) in [5.41, 5.74) is 1.61.